The van der Waals surface area contributed by atoms with Gasteiger partial charge in [0.25, 0.3) is 0 Å². The maximum atomic E-state index is 11.9. The summed E-state index contributed by atoms with van der Waals surface area (Å²) < 4.78 is 6.18. The summed E-state index contributed by atoms with van der Waals surface area (Å²) in [5.41, 5.74) is 0.832. The van der Waals surface area contributed by atoms with Gasteiger partial charge in [0.05, 0.1) is 6.54 Å². The van der Waals surface area contributed by atoms with E-state index in [9.17, 15) is 4.79 Å². The molecule has 2 rings (SSSR count). The first kappa shape index (κ1) is 12.5. The van der Waals surface area contributed by atoms with Gasteiger partial charge in [-0.05, 0) is 37.5 Å². The molecule has 17 heavy (non-hydrogen) atoms. The number of fused-ring (bicyclic) bond motifs is 1. The smallest absolute Gasteiger partial charge is 0.410 e. The third-order valence-corrected chi connectivity index (χ3v) is 3.54. The van der Waals surface area contributed by atoms with Gasteiger partial charge in [-0.2, -0.15) is 11.3 Å². The molecule has 1 amide bonds. The van der Waals surface area contributed by atoms with Crippen molar-refractivity contribution in [3.63, 3.8) is 0 Å². The van der Waals surface area contributed by atoms with Gasteiger partial charge in [0.2, 0.25) is 0 Å². The summed E-state index contributed by atoms with van der Waals surface area (Å²) in [6.45, 7) is 6.96. The van der Waals surface area contributed by atoms with Crippen molar-refractivity contribution in [1.82, 2.24) is 4.90 Å². The molecule has 0 N–H and O–H groups in total. The Bertz CT molecular complexity index is 436. The van der Waals surface area contributed by atoms with Gasteiger partial charge in [-0.3, -0.25) is 0 Å². The van der Waals surface area contributed by atoms with Gasteiger partial charge in [0, 0.05) is 11.4 Å². The molecule has 0 unspecified atom stereocenters. The van der Waals surface area contributed by atoms with Crippen LogP contribution in [-0.4, -0.2) is 31.0 Å². The third-order valence-electron chi connectivity index (χ3n) is 2.55. The van der Waals surface area contributed by atoms with Crippen LogP contribution in [0.2, 0.25) is 0 Å². The van der Waals surface area contributed by atoms with Crippen molar-refractivity contribution in [2.24, 2.45) is 0 Å². The van der Waals surface area contributed by atoms with E-state index in [-0.39, 0.29) is 6.09 Å². The van der Waals surface area contributed by atoms with Crippen LogP contribution in [0, 0.1) is 0 Å². The summed E-state index contributed by atoms with van der Waals surface area (Å²) in [6.07, 6.45) is 0.623. The number of hydrogen-bond donors (Lipinski definition) is 0. The summed E-state index contributed by atoms with van der Waals surface area (Å²) in [7, 11) is 5.77. The minimum absolute atomic E-state index is 0.241. The molecule has 0 aromatic carbocycles. The minimum Gasteiger partial charge on any atom is -0.444 e. The topological polar surface area (TPSA) is 29.5 Å². The van der Waals surface area contributed by atoms with Crippen molar-refractivity contribution in [1.29, 1.82) is 0 Å². The van der Waals surface area contributed by atoms with Gasteiger partial charge in [-0.15, -0.1) is 0 Å². The predicted octanol–water partition coefficient (Wildman–Crippen LogP) is 1.84. The maximum absolute atomic E-state index is 11.9. The quantitative estimate of drug-likeness (QED) is 0.656. The zero-order valence-electron chi connectivity index (χ0n) is 10.4. The summed E-state index contributed by atoms with van der Waals surface area (Å²) in [6, 6.07) is 2.01. The fourth-order valence-corrected chi connectivity index (χ4v) is 2.82. The van der Waals surface area contributed by atoms with E-state index < -0.39 is 5.60 Å². The zero-order chi connectivity index (χ0) is 12.6. The lowest BCUT2D eigenvalue weighted by molar-refractivity contribution is 0.0226. The molecule has 0 atom stereocenters. The Balaban J connectivity index is 2.05. The van der Waals surface area contributed by atoms with Crippen molar-refractivity contribution in [3.8, 4) is 0 Å². The average molecular weight is 249 g/mol. The van der Waals surface area contributed by atoms with Gasteiger partial charge in [0.15, 0.2) is 0 Å². The number of ether oxygens (including phenoxy) is 1. The molecule has 5 heteroatoms. The maximum Gasteiger partial charge on any atom is 0.410 e. The van der Waals surface area contributed by atoms with Crippen LogP contribution in [0.4, 0.5) is 4.79 Å². The number of rotatable bonds is 0. The molecule has 90 valence electrons. The number of carbonyl (C=O) groups excluding carboxylic acids is 1. The van der Waals surface area contributed by atoms with Gasteiger partial charge in [0.1, 0.15) is 13.4 Å². The third kappa shape index (κ3) is 3.03. The second-order valence-corrected chi connectivity index (χ2v) is 6.42. The molecule has 0 aliphatic carbocycles. The second kappa shape index (κ2) is 4.37. The molecule has 2 heterocycles. The lowest BCUT2D eigenvalue weighted by Gasteiger charge is -2.29. The van der Waals surface area contributed by atoms with E-state index in [2.05, 4.69) is 0 Å². The average Bonchev–Trinajstić information content (AvgIpc) is 2.53. The molecular formula is C12H16BNO2S. The molecule has 0 spiro atoms. The van der Waals surface area contributed by atoms with Crippen LogP contribution in [0.25, 0.3) is 0 Å². The molecule has 0 saturated carbocycles. The molecule has 0 fully saturated rings. The Labute approximate surface area is 107 Å². The highest BCUT2D eigenvalue weighted by Gasteiger charge is 2.26. The SMILES string of the molecule is [B]c1cc2c(s1)CN(C(=O)OC(C)(C)C)CC2. The first-order valence-corrected chi connectivity index (χ1v) is 6.52. The fraction of sp³-hybridized carbons (Fsp3) is 0.583. The Morgan fingerprint density at radius 1 is 1.53 bits per heavy atom. The monoisotopic (exact) mass is 249 g/mol. The van der Waals surface area contributed by atoms with Crippen molar-refractivity contribution < 1.29 is 9.53 Å². The van der Waals surface area contributed by atoms with E-state index in [1.54, 1.807) is 16.2 Å². The lowest BCUT2D eigenvalue weighted by Crippen LogP contribution is -2.39. The van der Waals surface area contributed by atoms with Crippen molar-refractivity contribution >= 4 is 30.1 Å². The number of amides is 1. The molecule has 1 aliphatic heterocycles. The van der Waals surface area contributed by atoms with E-state index in [1.807, 2.05) is 26.8 Å². The van der Waals surface area contributed by atoms with Crippen LogP contribution >= 0.6 is 11.3 Å². The molecular weight excluding hydrogens is 233 g/mol. The molecule has 0 saturated heterocycles. The molecule has 3 nitrogen and oxygen atoms in total. The molecule has 1 aliphatic rings. The van der Waals surface area contributed by atoms with E-state index in [1.165, 1.54) is 10.4 Å². The number of thiophene rings is 1. The number of nitrogens with zero attached hydrogens (tertiary/aromatic N) is 1. The molecule has 2 radical (unpaired) electrons. The Hall–Kier alpha value is -0.965. The van der Waals surface area contributed by atoms with Crippen molar-refractivity contribution in [2.45, 2.75) is 39.3 Å². The van der Waals surface area contributed by atoms with Crippen LogP contribution in [0.1, 0.15) is 31.2 Å². The van der Waals surface area contributed by atoms with Crippen LogP contribution in [0.15, 0.2) is 6.07 Å². The summed E-state index contributed by atoms with van der Waals surface area (Å²) in [5.74, 6) is 0. The van der Waals surface area contributed by atoms with Crippen LogP contribution in [-0.2, 0) is 17.7 Å². The molecule has 1 aromatic heterocycles. The Morgan fingerprint density at radius 2 is 2.24 bits per heavy atom. The summed E-state index contributed by atoms with van der Waals surface area (Å²) >= 11 is 1.56. The standard InChI is InChI=1S/C12H16BNO2S/c1-12(2,3)16-11(15)14-5-4-8-6-10(13)17-9(8)7-14/h6H,4-5,7H2,1-3H3. The zero-order valence-corrected chi connectivity index (χ0v) is 11.3. The first-order valence-electron chi connectivity index (χ1n) is 5.70. The molecule has 0 bridgehead atoms. The highest BCUT2D eigenvalue weighted by molar-refractivity contribution is 7.20. The van der Waals surface area contributed by atoms with Crippen molar-refractivity contribution in [3.05, 3.63) is 16.5 Å². The van der Waals surface area contributed by atoms with Crippen LogP contribution < -0.4 is 4.78 Å². The van der Waals surface area contributed by atoms with Crippen molar-refractivity contribution in [2.75, 3.05) is 6.54 Å². The predicted molar refractivity (Wildman–Crippen MR) is 70.1 cm³/mol. The van der Waals surface area contributed by atoms with Crippen LogP contribution in [0.3, 0.4) is 0 Å². The highest BCUT2D eigenvalue weighted by atomic mass is 32.1. The normalized spacial score (nSPS) is 15.6. The number of carbonyl (C=O) groups is 1. The van der Waals surface area contributed by atoms with E-state index in [4.69, 9.17) is 12.6 Å². The second-order valence-electron chi connectivity index (χ2n) is 5.25. The van der Waals surface area contributed by atoms with E-state index >= 15 is 0 Å². The largest absolute Gasteiger partial charge is 0.444 e. The first-order chi connectivity index (χ1) is 7.85. The van der Waals surface area contributed by atoms with E-state index in [0.29, 0.717) is 13.1 Å². The van der Waals surface area contributed by atoms with Gasteiger partial charge in [-0.25, -0.2) is 4.79 Å². The van der Waals surface area contributed by atoms with Gasteiger partial charge >= 0.3 is 6.09 Å². The Morgan fingerprint density at radius 3 is 2.88 bits per heavy atom. The lowest BCUT2D eigenvalue weighted by atomic mass is 10.0. The van der Waals surface area contributed by atoms with Crippen LogP contribution in [0.5, 0.6) is 0 Å². The summed E-state index contributed by atoms with van der Waals surface area (Å²) in [4.78, 5) is 14.8. The van der Waals surface area contributed by atoms with Gasteiger partial charge < -0.3 is 9.64 Å². The van der Waals surface area contributed by atoms with Gasteiger partial charge in [-0.1, -0.05) is 6.07 Å². The Kier molecular flexibility index (Phi) is 3.21. The summed E-state index contributed by atoms with van der Waals surface area (Å²) in [5, 5.41) is 0. The minimum atomic E-state index is -0.439. The fourth-order valence-electron chi connectivity index (χ4n) is 1.83. The highest BCUT2D eigenvalue weighted by Crippen LogP contribution is 2.23. The number of hydrogen-bond acceptors (Lipinski definition) is 3. The van der Waals surface area contributed by atoms with E-state index in [0.717, 1.165) is 11.2 Å². The molecule has 1 aromatic rings.